The lowest BCUT2D eigenvalue weighted by Crippen LogP contribution is -2.08. The number of ether oxygens (including phenoxy) is 1. The summed E-state index contributed by atoms with van der Waals surface area (Å²) < 4.78 is 5.60. The minimum atomic E-state index is 0.660. The van der Waals surface area contributed by atoms with E-state index in [2.05, 4.69) is 53.5 Å². The third kappa shape index (κ3) is 3.96. The predicted octanol–water partition coefficient (Wildman–Crippen LogP) is 6.18. The van der Waals surface area contributed by atoms with Gasteiger partial charge in [-0.2, -0.15) is 0 Å². The minimum Gasteiger partial charge on any atom is -0.494 e. The summed E-state index contributed by atoms with van der Waals surface area (Å²) in [4.78, 5) is 13.8. The van der Waals surface area contributed by atoms with Crippen molar-refractivity contribution in [2.75, 3.05) is 30.9 Å². The van der Waals surface area contributed by atoms with Gasteiger partial charge in [0.15, 0.2) is 0 Å². The van der Waals surface area contributed by atoms with Crippen molar-refractivity contribution in [1.82, 2.24) is 9.97 Å². The SMILES string of the molecule is CCOc1ccc(-c2c(C)sc3nc(C)nc(Nc4ccc(N(C)C)cc4)c23)cc1. The number of anilines is 3. The van der Waals surface area contributed by atoms with Crippen molar-refractivity contribution in [3.63, 3.8) is 0 Å². The van der Waals surface area contributed by atoms with Gasteiger partial charge in [0.25, 0.3) is 0 Å². The number of hydrogen-bond donors (Lipinski definition) is 1. The van der Waals surface area contributed by atoms with E-state index in [9.17, 15) is 0 Å². The average Bonchev–Trinajstić information content (AvgIpc) is 3.05. The summed E-state index contributed by atoms with van der Waals surface area (Å²) in [6, 6.07) is 16.6. The molecular weight excluding hydrogens is 392 g/mol. The molecule has 30 heavy (non-hydrogen) atoms. The van der Waals surface area contributed by atoms with E-state index in [1.165, 1.54) is 10.4 Å². The smallest absolute Gasteiger partial charge is 0.143 e. The topological polar surface area (TPSA) is 50.3 Å². The number of aromatic nitrogens is 2. The van der Waals surface area contributed by atoms with Crippen LogP contribution in [0.15, 0.2) is 48.5 Å². The number of rotatable bonds is 6. The van der Waals surface area contributed by atoms with Crippen molar-refractivity contribution < 1.29 is 4.74 Å². The molecule has 0 unspecified atom stereocenters. The highest BCUT2D eigenvalue weighted by Crippen LogP contribution is 2.41. The second kappa shape index (κ2) is 8.32. The average molecular weight is 419 g/mol. The minimum absolute atomic E-state index is 0.660. The van der Waals surface area contributed by atoms with E-state index < -0.39 is 0 Å². The lowest BCUT2D eigenvalue weighted by Gasteiger charge is -2.14. The molecule has 0 radical (unpaired) electrons. The van der Waals surface area contributed by atoms with Crippen LogP contribution >= 0.6 is 11.3 Å². The molecule has 0 aliphatic carbocycles. The first-order valence-corrected chi connectivity index (χ1v) is 10.8. The third-order valence-electron chi connectivity index (χ3n) is 4.94. The Kier molecular flexibility index (Phi) is 5.59. The molecule has 6 heteroatoms. The number of hydrogen-bond acceptors (Lipinski definition) is 6. The standard InChI is InChI=1S/C24H26N4OS/c1-6-29-20-13-7-17(8-14-20)21-15(2)30-24-22(21)23(25-16(3)26-24)27-18-9-11-19(12-10-18)28(4)5/h7-14H,6H2,1-5H3,(H,25,26,27). The van der Waals surface area contributed by atoms with Crippen LogP contribution in [0.4, 0.5) is 17.2 Å². The van der Waals surface area contributed by atoms with Crippen LogP contribution in [0, 0.1) is 13.8 Å². The Morgan fingerprint density at radius 3 is 2.30 bits per heavy atom. The molecule has 0 spiro atoms. The highest BCUT2D eigenvalue weighted by atomic mass is 32.1. The van der Waals surface area contributed by atoms with Crippen molar-refractivity contribution in [3.05, 3.63) is 59.2 Å². The Morgan fingerprint density at radius 1 is 0.967 bits per heavy atom. The fourth-order valence-corrected chi connectivity index (χ4v) is 4.61. The molecule has 0 atom stereocenters. The number of nitrogens with one attached hydrogen (secondary N) is 1. The zero-order chi connectivity index (χ0) is 21.3. The van der Waals surface area contributed by atoms with Gasteiger partial charge in [-0.25, -0.2) is 9.97 Å². The number of aryl methyl sites for hydroxylation is 2. The summed E-state index contributed by atoms with van der Waals surface area (Å²) in [6.45, 7) is 6.73. The molecule has 0 saturated carbocycles. The van der Waals surface area contributed by atoms with Gasteiger partial charge >= 0.3 is 0 Å². The van der Waals surface area contributed by atoms with Gasteiger partial charge in [-0.15, -0.1) is 11.3 Å². The van der Waals surface area contributed by atoms with Crippen LogP contribution in [0.5, 0.6) is 5.75 Å². The second-order valence-electron chi connectivity index (χ2n) is 7.36. The van der Waals surface area contributed by atoms with Crippen molar-refractivity contribution in [3.8, 4) is 16.9 Å². The first-order valence-electron chi connectivity index (χ1n) is 10.0. The van der Waals surface area contributed by atoms with Crippen LogP contribution in [0.25, 0.3) is 21.3 Å². The molecule has 154 valence electrons. The highest BCUT2D eigenvalue weighted by molar-refractivity contribution is 7.19. The summed E-state index contributed by atoms with van der Waals surface area (Å²) >= 11 is 1.70. The van der Waals surface area contributed by atoms with E-state index in [0.29, 0.717) is 6.61 Å². The summed E-state index contributed by atoms with van der Waals surface area (Å²) in [5.74, 6) is 2.47. The van der Waals surface area contributed by atoms with Crippen LogP contribution < -0.4 is 15.0 Å². The first kappa shape index (κ1) is 20.2. The molecular formula is C24H26N4OS. The summed E-state index contributed by atoms with van der Waals surface area (Å²) in [7, 11) is 4.08. The summed E-state index contributed by atoms with van der Waals surface area (Å²) in [6.07, 6.45) is 0. The van der Waals surface area contributed by atoms with Crippen LogP contribution in [-0.4, -0.2) is 30.7 Å². The Hall–Kier alpha value is -3.12. The third-order valence-corrected chi connectivity index (χ3v) is 5.94. The van der Waals surface area contributed by atoms with Gasteiger partial charge in [0, 0.05) is 35.9 Å². The Labute approximate surface area is 181 Å². The predicted molar refractivity (Wildman–Crippen MR) is 128 cm³/mol. The van der Waals surface area contributed by atoms with Crippen LogP contribution in [0.1, 0.15) is 17.6 Å². The van der Waals surface area contributed by atoms with Gasteiger partial charge in [-0.3, -0.25) is 0 Å². The normalized spacial score (nSPS) is 11.0. The van der Waals surface area contributed by atoms with Gasteiger partial charge in [0.1, 0.15) is 22.2 Å². The first-order chi connectivity index (χ1) is 14.5. The Morgan fingerprint density at radius 2 is 1.67 bits per heavy atom. The molecule has 0 fully saturated rings. The van der Waals surface area contributed by atoms with E-state index in [1.54, 1.807) is 11.3 Å². The molecule has 0 amide bonds. The van der Waals surface area contributed by atoms with Gasteiger partial charge in [-0.05, 0) is 62.7 Å². The van der Waals surface area contributed by atoms with E-state index >= 15 is 0 Å². The number of thiophene rings is 1. The molecule has 2 heterocycles. The molecule has 0 bridgehead atoms. The van der Waals surface area contributed by atoms with E-state index in [0.717, 1.165) is 44.5 Å². The van der Waals surface area contributed by atoms with Crippen molar-refractivity contribution in [2.45, 2.75) is 20.8 Å². The maximum Gasteiger partial charge on any atom is 0.143 e. The fourth-order valence-electron chi connectivity index (χ4n) is 3.52. The molecule has 2 aromatic heterocycles. The highest BCUT2D eigenvalue weighted by Gasteiger charge is 2.18. The molecule has 5 nitrogen and oxygen atoms in total. The van der Waals surface area contributed by atoms with E-state index in [1.807, 2.05) is 40.1 Å². The van der Waals surface area contributed by atoms with Gasteiger partial charge in [0.05, 0.1) is 12.0 Å². The number of benzene rings is 2. The lowest BCUT2D eigenvalue weighted by atomic mass is 10.0. The number of fused-ring (bicyclic) bond motifs is 1. The second-order valence-corrected chi connectivity index (χ2v) is 8.56. The summed E-state index contributed by atoms with van der Waals surface area (Å²) in [5, 5.41) is 4.58. The Bertz CT molecular complexity index is 1160. The molecule has 4 rings (SSSR count). The van der Waals surface area contributed by atoms with Crippen LogP contribution in [0.3, 0.4) is 0 Å². The van der Waals surface area contributed by atoms with Crippen molar-refractivity contribution in [1.29, 1.82) is 0 Å². The quantitative estimate of drug-likeness (QED) is 0.405. The Balaban J connectivity index is 1.79. The molecule has 4 aromatic rings. The van der Waals surface area contributed by atoms with Crippen molar-refractivity contribution >= 4 is 38.7 Å². The van der Waals surface area contributed by atoms with E-state index in [4.69, 9.17) is 14.7 Å². The molecule has 0 saturated heterocycles. The monoisotopic (exact) mass is 418 g/mol. The lowest BCUT2D eigenvalue weighted by molar-refractivity contribution is 0.340. The van der Waals surface area contributed by atoms with Gasteiger partial charge in [-0.1, -0.05) is 12.1 Å². The van der Waals surface area contributed by atoms with Gasteiger partial charge < -0.3 is 15.0 Å². The zero-order valence-corrected chi connectivity index (χ0v) is 18.8. The number of nitrogens with zero attached hydrogens (tertiary/aromatic N) is 3. The van der Waals surface area contributed by atoms with Crippen LogP contribution in [-0.2, 0) is 0 Å². The molecule has 1 N–H and O–H groups in total. The maximum atomic E-state index is 5.60. The van der Waals surface area contributed by atoms with Crippen LogP contribution in [0.2, 0.25) is 0 Å². The largest absolute Gasteiger partial charge is 0.494 e. The molecule has 0 aliphatic heterocycles. The molecule has 2 aromatic carbocycles. The maximum absolute atomic E-state index is 5.60. The fraction of sp³-hybridized carbons (Fsp3) is 0.250. The zero-order valence-electron chi connectivity index (χ0n) is 18.0. The van der Waals surface area contributed by atoms with Gasteiger partial charge in [0.2, 0.25) is 0 Å². The summed E-state index contributed by atoms with van der Waals surface area (Å²) in [5.41, 5.74) is 4.47. The van der Waals surface area contributed by atoms with Crippen molar-refractivity contribution in [2.24, 2.45) is 0 Å². The molecule has 0 aliphatic rings. The van der Waals surface area contributed by atoms with E-state index in [-0.39, 0.29) is 0 Å².